The van der Waals surface area contributed by atoms with Crippen LogP contribution in [0.15, 0.2) is 34.7 Å². The molecule has 0 N–H and O–H groups in total. The van der Waals surface area contributed by atoms with E-state index < -0.39 is 24.9 Å². The molecule has 8 nitrogen and oxygen atoms in total. The first kappa shape index (κ1) is 28.5. The number of ether oxygens (including phenoxy) is 2. The second-order valence-corrected chi connectivity index (χ2v) is 11.5. The molecule has 0 saturated carbocycles. The average Bonchev–Trinajstić information content (AvgIpc) is 3.39. The molecule has 2 aromatic carbocycles. The molecule has 1 aromatic heterocycles. The highest BCUT2D eigenvalue weighted by Gasteiger charge is 2.52. The Kier molecular flexibility index (Phi) is 7.67. The molecule has 0 aliphatic carbocycles. The van der Waals surface area contributed by atoms with E-state index in [-0.39, 0.29) is 17.6 Å². The van der Waals surface area contributed by atoms with Crippen molar-refractivity contribution in [1.82, 2.24) is 9.88 Å². The number of piperidine rings is 1. The predicted molar refractivity (Wildman–Crippen MR) is 147 cm³/mol. The summed E-state index contributed by atoms with van der Waals surface area (Å²) in [4.78, 5) is 18.8. The van der Waals surface area contributed by atoms with Crippen molar-refractivity contribution >= 4 is 29.7 Å². The highest BCUT2D eigenvalue weighted by atomic mass is 19.3. The molecular weight excluding hydrogens is 521 g/mol. The molecule has 214 valence electrons. The van der Waals surface area contributed by atoms with Gasteiger partial charge in [-0.25, -0.2) is 4.98 Å². The first-order valence-electron chi connectivity index (χ1n) is 13.5. The van der Waals surface area contributed by atoms with E-state index in [1.165, 1.54) is 13.2 Å². The largest absolute Gasteiger partial charge is 0.495 e. The Morgan fingerprint density at radius 3 is 2.60 bits per heavy atom. The lowest BCUT2D eigenvalue weighted by molar-refractivity contribution is -0.147. The van der Waals surface area contributed by atoms with E-state index in [9.17, 15) is 13.6 Å². The molecule has 5 rings (SSSR count). The van der Waals surface area contributed by atoms with Gasteiger partial charge in [0, 0.05) is 30.3 Å². The van der Waals surface area contributed by atoms with Crippen molar-refractivity contribution in [3.63, 3.8) is 0 Å². The number of esters is 1. The highest BCUT2D eigenvalue weighted by molar-refractivity contribution is 6.62. The van der Waals surface area contributed by atoms with Gasteiger partial charge in [-0.2, -0.15) is 8.78 Å². The van der Waals surface area contributed by atoms with Gasteiger partial charge < -0.3 is 23.2 Å². The third kappa shape index (κ3) is 5.47. The summed E-state index contributed by atoms with van der Waals surface area (Å²) in [6.07, 6.45) is 1.54. The van der Waals surface area contributed by atoms with Crippen LogP contribution in [0.4, 0.5) is 8.78 Å². The monoisotopic (exact) mass is 556 g/mol. The Hall–Kier alpha value is -3.02. The maximum absolute atomic E-state index is 13.4. The first-order chi connectivity index (χ1) is 18.9. The summed E-state index contributed by atoms with van der Waals surface area (Å²) >= 11 is 0. The summed E-state index contributed by atoms with van der Waals surface area (Å²) in [7, 11) is 0.823. The Labute approximate surface area is 233 Å². The van der Waals surface area contributed by atoms with Crippen LogP contribution in [0.5, 0.6) is 5.75 Å². The number of oxazole rings is 1. The van der Waals surface area contributed by atoms with Gasteiger partial charge in [0.2, 0.25) is 5.89 Å². The molecule has 1 unspecified atom stereocenters. The highest BCUT2D eigenvalue weighted by Crippen LogP contribution is 2.38. The van der Waals surface area contributed by atoms with Crippen molar-refractivity contribution in [2.24, 2.45) is 5.92 Å². The van der Waals surface area contributed by atoms with Gasteiger partial charge in [0.1, 0.15) is 11.3 Å². The zero-order valence-electron chi connectivity index (χ0n) is 23.8. The summed E-state index contributed by atoms with van der Waals surface area (Å²) in [5.74, 6) is -0.133. The number of nitrogens with zero attached hydrogens (tertiary/aromatic N) is 2. The number of carbonyl (C=O) groups is 1. The Bertz CT molecular complexity index is 1390. The van der Waals surface area contributed by atoms with Crippen molar-refractivity contribution in [2.45, 2.75) is 71.8 Å². The zero-order valence-corrected chi connectivity index (χ0v) is 23.8. The van der Waals surface area contributed by atoms with E-state index in [4.69, 9.17) is 28.2 Å². The van der Waals surface area contributed by atoms with Gasteiger partial charge in [-0.3, -0.25) is 9.69 Å². The molecule has 0 radical (unpaired) electrons. The zero-order chi connectivity index (χ0) is 28.8. The number of aromatic nitrogens is 1. The lowest BCUT2D eigenvalue weighted by Gasteiger charge is -2.32. The summed E-state index contributed by atoms with van der Waals surface area (Å²) < 4.78 is 55.1. The van der Waals surface area contributed by atoms with Gasteiger partial charge in [-0.05, 0) is 77.2 Å². The van der Waals surface area contributed by atoms with Gasteiger partial charge in [-0.15, -0.1) is 0 Å². The summed E-state index contributed by atoms with van der Waals surface area (Å²) in [5.41, 5.74) is 2.93. The van der Waals surface area contributed by atoms with E-state index in [2.05, 4.69) is 0 Å². The molecule has 2 saturated heterocycles. The number of hydrogen-bond donors (Lipinski definition) is 0. The third-order valence-electron chi connectivity index (χ3n) is 8.33. The number of methoxy groups -OCH3 is 1. The first-order valence-corrected chi connectivity index (χ1v) is 13.5. The molecule has 2 aliphatic rings. The molecule has 1 atom stereocenters. The number of carbonyl (C=O) groups excluding carboxylic acids is 1. The molecule has 2 fully saturated rings. The quantitative estimate of drug-likeness (QED) is 0.294. The van der Waals surface area contributed by atoms with Crippen LogP contribution in [0.3, 0.4) is 0 Å². The molecule has 2 aliphatic heterocycles. The molecular formula is C29H35BF2N2O6. The molecule has 40 heavy (non-hydrogen) atoms. The van der Waals surface area contributed by atoms with Gasteiger partial charge in [0.25, 0.3) is 0 Å². The molecule has 3 aromatic rings. The second kappa shape index (κ2) is 10.8. The third-order valence-corrected chi connectivity index (χ3v) is 8.33. The standard InChI is InChI=1S/C29H35BF2N2O6/c1-17-20(10-7-11-21(17)30-39-28(2,3)29(4,5)40-30)25-33-22-13-19(23(38-27(31)32)14-24(22)37-25)16-34-12-8-9-18(15-34)26(35)36-6/h7,10-11,13-14,18,27H,8-9,12,15-16H2,1-6H3. The topological polar surface area (TPSA) is 83.3 Å². The lowest BCUT2D eigenvalue weighted by atomic mass is 9.75. The van der Waals surface area contributed by atoms with E-state index in [1.807, 2.05) is 57.7 Å². The van der Waals surface area contributed by atoms with Crippen LogP contribution in [0.1, 0.15) is 51.7 Å². The number of halogens is 2. The molecule has 0 amide bonds. The number of likely N-dealkylation sites (tertiary alicyclic amines) is 1. The number of fused-ring (bicyclic) bond motifs is 1. The molecule has 0 spiro atoms. The van der Waals surface area contributed by atoms with E-state index in [0.29, 0.717) is 35.6 Å². The molecule has 11 heteroatoms. The van der Waals surface area contributed by atoms with Crippen LogP contribution < -0.4 is 10.2 Å². The van der Waals surface area contributed by atoms with Crippen LogP contribution >= 0.6 is 0 Å². The minimum Gasteiger partial charge on any atom is -0.469 e. The fourth-order valence-electron chi connectivity index (χ4n) is 5.35. The van der Waals surface area contributed by atoms with Gasteiger partial charge in [-0.1, -0.05) is 12.1 Å². The van der Waals surface area contributed by atoms with Crippen molar-refractivity contribution < 1.29 is 36.8 Å². The smallest absolute Gasteiger partial charge is 0.469 e. The van der Waals surface area contributed by atoms with Crippen molar-refractivity contribution in [3.8, 4) is 17.2 Å². The van der Waals surface area contributed by atoms with Crippen LogP contribution in [0.25, 0.3) is 22.6 Å². The maximum Gasteiger partial charge on any atom is 0.495 e. The lowest BCUT2D eigenvalue weighted by Crippen LogP contribution is -2.41. The Morgan fingerprint density at radius 1 is 1.20 bits per heavy atom. The van der Waals surface area contributed by atoms with Crippen LogP contribution in [0, 0.1) is 12.8 Å². The van der Waals surface area contributed by atoms with E-state index in [1.54, 1.807) is 6.07 Å². The number of alkyl halides is 2. The van der Waals surface area contributed by atoms with Gasteiger partial charge >= 0.3 is 19.7 Å². The van der Waals surface area contributed by atoms with Crippen molar-refractivity contribution in [2.75, 3.05) is 20.2 Å². The second-order valence-electron chi connectivity index (χ2n) is 11.5. The van der Waals surface area contributed by atoms with Crippen LogP contribution in [0.2, 0.25) is 0 Å². The van der Waals surface area contributed by atoms with Crippen LogP contribution in [-0.2, 0) is 25.4 Å². The minimum atomic E-state index is -3.00. The van der Waals surface area contributed by atoms with E-state index >= 15 is 0 Å². The minimum absolute atomic E-state index is 0.0214. The SMILES string of the molecule is COC(=O)C1CCCN(Cc2cc3nc(-c4cccc(B5OC(C)(C)C(C)(C)O5)c4C)oc3cc2OC(F)F)C1. The molecule has 3 heterocycles. The van der Waals surface area contributed by atoms with Crippen molar-refractivity contribution in [3.05, 3.63) is 41.5 Å². The van der Waals surface area contributed by atoms with Gasteiger partial charge in [0.15, 0.2) is 5.58 Å². The van der Waals surface area contributed by atoms with Crippen LogP contribution in [-0.4, -0.2) is 61.0 Å². The number of benzene rings is 2. The normalized spacial score (nSPS) is 20.8. The van der Waals surface area contributed by atoms with Gasteiger partial charge in [0.05, 0.1) is 24.2 Å². The summed E-state index contributed by atoms with van der Waals surface area (Å²) in [6.45, 7) is 8.50. The Morgan fingerprint density at radius 2 is 1.93 bits per heavy atom. The average molecular weight is 556 g/mol. The number of rotatable bonds is 7. The predicted octanol–water partition coefficient (Wildman–Crippen LogP) is 5.09. The Balaban J connectivity index is 1.47. The summed E-state index contributed by atoms with van der Waals surface area (Å²) in [5, 5.41) is 0. The fraction of sp³-hybridized carbons (Fsp3) is 0.517. The van der Waals surface area contributed by atoms with E-state index in [0.717, 1.165) is 36.0 Å². The summed E-state index contributed by atoms with van der Waals surface area (Å²) in [6, 6.07) is 8.92. The molecule has 0 bridgehead atoms. The number of hydrogen-bond acceptors (Lipinski definition) is 8. The fourth-order valence-corrected chi connectivity index (χ4v) is 5.35. The maximum atomic E-state index is 13.4. The van der Waals surface area contributed by atoms with Crippen molar-refractivity contribution in [1.29, 1.82) is 0 Å².